The predicted octanol–water partition coefficient (Wildman–Crippen LogP) is 2.52. The molecule has 1 amide bonds. The maximum Gasteiger partial charge on any atom is 0.230 e. The first kappa shape index (κ1) is 17.1. The Labute approximate surface area is 149 Å². The molecule has 0 radical (unpaired) electrons. The van der Waals surface area contributed by atoms with E-state index in [0.29, 0.717) is 23.3 Å². The molecule has 0 aliphatic carbocycles. The highest BCUT2D eigenvalue weighted by Gasteiger charge is 2.10. The highest BCUT2D eigenvalue weighted by Crippen LogP contribution is 2.19. The van der Waals surface area contributed by atoms with Gasteiger partial charge in [0.1, 0.15) is 5.75 Å². The number of hydrogen-bond donors (Lipinski definition) is 2. The third kappa shape index (κ3) is 4.87. The molecule has 0 unspecified atom stereocenters. The first-order chi connectivity index (χ1) is 12.2. The van der Waals surface area contributed by atoms with E-state index in [9.17, 15) is 4.79 Å². The van der Waals surface area contributed by atoms with E-state index >= 15 is 0 Å². The Balaban J connectivity index is 1.39. The lowest BCUT2D eigenvalue weighted by Crippen LogP contribution is -2.27. The number of ether oxygens (including phenoxy) is 1. The Morgan fingerprint density at radius 3 is 2.88 bits per heavy atom. The van der Waals surface area contributed by atoms with Gasteiger partial charge in [-0.2, -0.15) is 4.98 Å². The smallest absolute Gasteiger partial charge is 0.230 e. The van der Waals surface area contributed by atoms with Crippen molar-refractivity contribution in [1.82, 2.24) is 20.5 Å². The summed E-state index contributed by atoms with van der Waals surface area (Å²) < 4.78 is 10.4. The first-order valence-electron chi connectivity index (χ1n) is 7.73. The molecule has 3 aromatic rings. The highest BCUT2D eigenvalue weighted by molar-refractivity contribution is 7.99. The van der Waals surface area contributed by atoms with Gasteiger partial charge in [0.25, 0.3) is 0 Å². The van der Waals surface area contributed by atoms with Crippen molar-refractivity contribution in [2.45, 2.75) is 11.6 Å². The molecule has 0 bridgehead atoms. The zero-order chi connectivity index (χ0) is 17.5. The molecule has 2 heterocycles. The van der Waals surface area contributed by atoms with Gasteiger partial charge < -0.3 is 14.5 Å². The normalized spacial score (nSPS) is 10.6. The number of aromatic nitrogens is 3. The van der Waals surface area contributed by atoms with Gasteiger partial charge in [0.05, 0.1) is 19.1 Å². The van der Waals surface area contributed by atoms with Crippen molar-refractivity contribution in [3.05, 3.63) is 48.2 Å². The van der Waals surface area contributed by atoms with Gasteiger partial charge in [-0.3, -0.25) is 9.89 Å². The maximum absolute atomic E-state index is 11.9. The van der Waals surface area contributed by atoms with Gasteiger partial charge in [-0.25, -0.2) is 0 Å². The standard InChI is InChI=1S/C17H18N4O3S/c1-23-13-6-4-12(5-7-13)8-9-18-15(22)11-25-17-19-16(20-21-17)14-3-2-10-24-14/h2-7,10H,8-9,11H2,1H3,(H,18,22)(H,19,20,21). The Hall–Kier alpha value is -2.74. The topological polar surface area (TPSA) is 93.0 Å². The number of benzene rings is 1. The summed E-state index contributed by atoms with van der Waals surface area (Å²) in [6.45, 7) is 0.581. The van der Waals surface area contributed by atoms with Gasteiger partial charge >= 0.3 is 0 Å². The molecule has 2 aromatic heterocycles. The molecule has 25 heavy (non-hydrogen) atoms. The first-order valence-corrected chi connectivity index (χ1v) is 8.72. The summed E-state index contributed by atoms with van der Waals surface area (Å²) in [6.07, 6.45) is 2.34. The fraction of sp³-hybridized carbons (Fsp3) is 0.235. The van der Waals surface area contributed by atoms with E-state index in [1.165, 1.54) is 11.8 Å². The van der Waals surface area contributed by atoms with E-state index < -0.39 is 0 Å². The van der Waals surface area contributed by atoms with Gasteiger partial charge in [-0.15, -0.1) is 5.10 Å². The monoisotopic (exact) mass is 358 g/mol. The van der Waals surface area contributed by atoms with Crippen molar-refractivity contribution in [3.8, 4) is 17.3 Å². The highest BCUT2D eigenvalue weighted by atomic mass is 32.2. The van der Waals surface area contributed by atoms with E-state index in [1.807, 2.05) is 24.3 Å². The number of thioether (sulfide) groups is 1. The molecule has 0 aliphatic rings. The summed E-state index contributed by atoms with van der Waals surface area (Å²) in [6, 6.07) is 11.4. The number of furan rings is 1. The van der Waals surface area contributed by atoms with Crippen molar-refractivity contribution < 1.29 is 13.9 Å². The predicted molar refractivity (Wildman–Crippen MR) is 94.5 cm³/mol. The summed E-state index contributed by atoms with van der Waals surface area (Å²) in [4.78, 5) is 16.2. The summed E-state index contributed by atoms with van der Waals surface area (Å²) in [5.74, 6) is 2.20. The molecule has 0 spiro atoms. The van der Waals surface area contributed by atoms with E-state index in [1.54, 1.807) is 25.5 Å². The van der Waals surface area contributed by atoms with Gasteiger partial charge in [0.15, 0.2) is 11.6 Å². The van der Waals surface area contributed by atoms with Gasteiger partial charge in [-0.05, 0) is 36.2 Å². The van der Waals surface area contributed by atoms with Crippen LogP contribution in [0.1, 0.15) is 5.56 Å². The number of carbonyl (C=O) groups is 1. The van der Waals surface area contributed by atoms with Crippen LogP contribution in [0.5, 0.6) is 5.75 Å². The molecule has 0 atom stereocenters. The van der Waals surface area contributed by atoms with E-state index in [-0.39, 0.29) is 11.7 Å². The molecule has 0 saturated heterocycles. The van der Waals surface area contributed by atoms with Crippen molar-refractivity contribution in [3.63, 3.8) is 0 Å². The van der Waals surface area contributed by atoms with Crippen LogP contribution in [-0.4, -0.2) is 40.5 Å². The SMILES string of the molecule is COc1ccc(CCNC(=O)CSc2n[nH]c(-c3ccco3)n2)cc1. The second-order valence-electron chi connectivity index (χ2n) is 5.18. The molecule has 2 N–H and O–H groups in total. The summed E-state index contributed by atoms with van der Waals surface area (Å²) in [7, 11) is 1.64. The van der Waals surface area contributed by atoms with Crippen LogP contribution in [0.15, 0.2) is 52.2 Å². The Morgan fingerprint density at radius 2 is 2.16 bits per heavy atom. The number of carbonyl (C=O) groups excluding carboxylic acids is 1. The summed E-state index contributed by atoms with van der Waals surface area (Å²) in [5, 5.41) is 10.3. The fourth-order valence-corrected chi connectivity index (χ4v) is 2.78. The molecule has 0 aliphatic heterocycles. The molecule has 3 rings (SSSR count). The van der Waals surface area contributed by atoms with E-state index in [2.05, 4.69) is 20.5 Å². The van der Waals surface area contributed by atoms with Gasteiger partial charge in [0, 0.05) is 6.54 Å². The van der Waals surface area contributed by atoms with Crippen LogP contribution in [0, 0.1) is 0 Å². The van der Waals surface area contributed by atoms with Crippen LogP contribution >= 0.6 is 11.8 Å². The molecule has 0 saturated carbocycles. The fourth-order valence-electron chi connectivity index (χ4n) is 2.15. The molecule has 130 valence electrons. The number of methoxy groups -OCH3 is 1. The lowest BCUT2D eigenvalue weighted by Gasteiger charge is -2.05. The summed E-state index contributed by atoms with van der Waals surface area (Å²) in [5.41, 5.74) is 1.14. The molecule has 0 fully saturated rings. The van der Waals surface area contributed by atoms with Crippen LogP contribution in [0.2, 0.25) is 0 Å². The molecular weight excluding hydrogens is 340 g/mol. The molecular formula is C17H18N4O3S. The lowest BCUT2D eigenvalue weighted by molar-refractivity contribution is -0.118. The average Bonchev–Trinajstić information content (AvgIpc) is 3.32. The number of amides is 1. The number of nitrogens with one attached hydrogen (secondary N) is 2. The third-order valence-corrected chi connectivity index (χ3v) is 4.29. The summed E-state index contributed by atoms with van der Waals surface area (Å²) >= 11 is 1.27. The minimum absolute atomic E-state index is 0.0529. The molecule has 8 heteroatoms. The third-order valence-electron chi connectivity index (χ3n) is 3.45. The zero-order valence-corrected chi connectivity index (χ0v) is 14.5. The van der Waals surface area contributed by atoms with Gasteiger partial charge in [0.2, 0.25) is 11.1 Å². The van der Waals surface area contributed by atoms with Gasteiger partial charge in [-0.1, -0.05) is 23.9 Å². The van der Waals surface area contributed by atoms with Crippen molar-refractivity contribution >= 4 is 17.7 Å². The lowest BCUT2D eigenvalue weighted by atomic mass is 10.1. The largest absolute Gasteiger partial charge is 0.497 e. The van der Waals surface area contributed by atoms with E-state index in [4.69, 9.17) is 9.15 Å². The van der Waals surface area contributed by atoms with Crippen LogP contribution in [0.4, 0.5) is 0 Å². The number of nitrogens with zero attached hydrogens (tertiary/aromatic N) is 2. The van der Waals surface area contributed by atoms with E-state index in [0.717, 1.165) is 17.7 Å². The number of rotatable bonds is 8. The van der Waals surface area contributed by atoms with Crippen LogP contribution < -0.4 is 10.1 Å². The Bertz CT molecular complexity index is 800. The second-order valence-corrected chi connectivity index (χ2v) is 6.12. The Morgan fingerprint density at radius 1 is 1.32 bits per heavy atom. The van der Waals surface area contributed by atoms with Crippen molar-refractivity contribution in [2.75, 3.05) is 19.4 Å². The molecule has 1 aromatic carbocycles. The minimum atomic E-state index is -0.0529. The van der Waals surface area contributed by atoms with Crippen LogP contribution in [0.25, 0.3) is 11.6 Å². The van der Waals surface area contributed by atoms with Crippen LogP contribution in [0.3, 0.4) is 0 Å². The number of hydrogen-bond acceptors (Lipinski definition) is 6. The Kier molecular flexibility index (Phi) is 5.73. The number of aromatic amines is 1. The maximum atomic E-state index is 11.9. The van der Waals surface area contributed by atoms with Crippen molar-refractivity contribution in [1.29, 1.82) is 0 Å². The van der Waals surface area contributed by atoms with Crippen LogP contribution in [-0.2, 0) is 11.2 Å². The molecule has 7 nitrogen and oxygen atoms in total. The van der Waals surface area contributed by atoms with Crippen molar-refractivity contribution in [2.24, 2.45) is 0 Å². The minimum Gasteiger partial charge on any atom is -0.497 e. The second kappa shape index (κ2) is 8.39. The quantitative estimate of drug-likeness (QED) is 0.601. The zero-order valence-electron chi connectivity index (χ0n) is 13.7. The number of H-pyrrole nitrogens is 1. The average molecular weight is 358 g/mol.